The van der Waals surface area contributed by atoms with E-state index in [0.717, 1.165) is 13.1 Å². The Morgan fingerprint density at radius 3 is 2.43 bits per heavy atom. The lowest BCUT2D eigenvalue weighted by atomic mass is 10.1. The maximum absolute atomic E-state index is 11.7. The molecule has 1 aromatic carbocycles. The van der Waals surface area contributed by atoms with Crippen molar-refractivity contribution < 1.29 is 14.7 Å². The summed E-state index contributed by atoms with van der Waals surface area (Å²) in [6.07, 6.45) is 2.30. The first-order valence-corrected chi connectivity index (χ1v) is 7.44. The molecule has 1 amide bonds. The SMILES string of the molecule is O=C(O)CCC(=O)NCC(c1ccccc1)N1CCCC1. The van der Waals surface area contributed by atoms with Gasteiger partial charge in [-0.25, -0.2) is 0 Å². The van der Waals surface area contributed by atoms with Gasteiger partial charge in [0.2, 0.25) is 5.91 Å². The summed E-state index contributed by atoms with van der Waals surface area (Å²) >= 11 is 0. The van der Waals surface area contributed by atoms with E-state index in [-0.39, 0.29) is 24.8 Å². The molecule has 1 unspecified atom stereocenters. The van der Waals surface area contributed by atoms with Gasteiger partial charge in [-0.3, -0.25) is 14.5 Å². The number of carboxylic acids is 1. The molecule has 0 radical (unpaired) electrons. The fourth-order valence-electron chi connectivity index (χ4n) is 2.71. The number of aliphatic carboxylic acids is 1. The summed E-state index contributed by atoms with van der Waals surface area (Å²) in [6, 6.07) is 10.3. The number of nitrogens with zero attached hydrogens (tertiary/aromatic N) is 1. The second-order valence-electron chi connectivity index (χ2n) is 5.37. The molecule has 21 heavy (non-hydrogen) atoms. The number of carbonyl (C=O) groups excluding carboxylic acids is 1. The fourth-order valence-corrected chi connectivity index (χ4v) is 2.71. The van der Waals surface area contributed by atoms with Crippen LogP contribution in [-0.2, 0) is 9.59 Å². The normalized spacial score (nSPS) is 16.6. The van der Waals surface area contributed by atoms with Gasteiger partial charge in [0, 0.05) is 13.0 Å². The summed E-state index contributed by atoms with van der Waals surface area (Å²) in [7, 11) is 0. The molecule has 1 atom stereocenters. The van der Waals surface area contributed by atoms with Gasteiger partial charge < -0.3 is 10.4 Å². The van der Waals surface area contributed by atoms with Gasteiger partial charge in [-0.05, 0) is 31.5 Å². The average molecular weight is 290 g/mol. The summed E-state index contributed by atoms with van der Waals surface area (Å²) in [5, 5.41) is 11.5. The molecule has 1 aromatic rings. The zero-order chi connectivity index (χ0) is 15.1. The second-order valence-corrected chi connectivity index (χ2v) is 5.37. The molecule has 0 aromatic heterocycles. The molecule has 5 heteroatoms. The van der Waals surface area contributed by atoms with E-state index in [0.29, 0.717) is 6.54 Å². The Labute approximate surface area is 125 Å². The highest BCUT2D eigenvalue weighted by Crippen LogP contribution is 2.24. The Hall–Kier alpha value is -1.88. The van der Waals surface area contributed by atoms with Crippen LogP contribution in [0.4, 0.5) is 0 Å². The van der Waals surface area contributed by atoms with Gasteiger partial charge in [0.15, 0.2) is 0 Å². The molecule has 1 heterocycles. The van der Waals surface area contributed by atoms with Crippen molar-refractivity contribution in [2.24, 2.45) is 0 Å². The summed E-state index contributed by atoms with van der Waals surface area (Å²) in [5.74, 6) is -1.14. The Morgan fingerprint density at radius 2 is 1.81 bits per heavy atom. The zero-order valence-corrected chi connectivity index (χ0v) is 12.1. The Balaban J connectivity index is 1.93. The molecule has 2 rings (SSSR count). The smallest absolute Gasteiger partial charge is 0.303 e. The summed E-state index contributed by atoms with van der Waals surface area (Å²) in [4.78, 5) is 24.6. The molecule has 0 aliphatic carbocycles. The minimum atomic E-state index is -0.940. The Morgan fingerprint density at radius 1 is 1.14 bits per heavy atom. The van der Waals surface area contributed by atoms with Crippen LogP contribution in [0.25, 0.3) is 0 Å². The van der Waals surface area contributed by atoms with Crippen LogP contribution in [0.3, 0.4) is 0 Å². The lowest BCUT2D eigenvalue weighted by Crippen LogP contribution is -2.36. The number of benzene rings is 1. The summed E-state index contributed by atoms with van der Waals surface area (Å²) in [6.45, 7) is 2.62. The van der Waals surface area contributed by atoms with E-state index in [4.69, 9.17) is 5.11 Å². The molecule has 5 nitrogen and oxygen atoms in total. The van der Waals surface area contributed by atoms with Crippen LogP contribution in [0.15, 0.2) is 30.3 Å². The first-order chi connectivity index (χ1) is 10.2. The van der Waals surface area contributed by atoms with Crippen molar-refractivity contribution in [2.75, 3.05) is 19.6 Å². The monoisotopic (exact) mass is 290 g/mol. The average Bonchev–Trinajstić information content (AvgIpc) is 3.00. The highest BCUT2D eigenvalue weighted by Gasteiger charge is 2.23. The number of likely N-dealkylation sites (tertiary alicyclic amines) is 1. The molecular weight excluding hydrogens is 268 g/mol. The molecule has 0 saturated carbocycles. The van der Waals surface area contributed by atoms with Gasteiger partial charge in [0.1, 0.15) is 0 Å². The molecule has 0 spiro atoms. The van der Waals surface area contributed by atoms with E-state index in [1.165, 1.54) is 18.4 Å². The topological polar surface area (TPSA) is 69.6 Å². The van der Waals surface area contributed by atoms with Crippen LogP contribution >= 0.6 is 0 Å². The van der Waals surface area contributed by atoms with Crippen molar-refractivity contribution in [3.8, 4) is 0 Å². The molecular formula is C16H22N2O3. The lowest BCUT2D eigenvalue weighted by molar-refractivity contribution is -0.138. The molecule has 1 aliphatic heterocycles. The third-order valence-corrected chi connectivity index (χ3v) is 3.82. The van der Waals surface area contributed by atoms with E-state index < -0.39 is 5.97 Å². The third-order valence-electron chi connectivity index (χ3n) is 3.82. The highest BCUT2D eigenvalue weighted by molar-refractivity contribution is 5.80. The zero-order valence-electron chi connectivity index (χ0n) is 12.1. The molecule has 2 N–H and O–H groups in total. The first-order valence-electron chi connectivity index (χ1n) is 7.44. The summed E-state index contributed by atoms with van der Waals surface area (Å²) < 4.78 is 0. The van der Waals surface area contributed by atoms with Crippen LogP contribution in [-0.4, -0.2) is 41.5 Å². The number of carboxylic acid groups (broad SMARTS) is 1. The summed E-state index contributed by atoms with van der Waals surface area (Å²) in [5.41, 5.74) is 1.19. The first kappa shape index (κ1) is 15.5. The van der Waals surface area contributed by atoms with Gasteiger partial charge in [-0.15, -0.1) is 0 Å². The van der Waals surface area contributed by atoms with E-state index in [1.807, 2.05) is 18.2 Å². The minimum absolute atomic E-state index is 0.0385. The maximum atomic E-state index is 11.7. The van der Waals surface area contributed by atoms with Gasteiger partial charge in [0.25, 0.3) is 0 Å². The molecule has 114 valence electrons. The van der Waals surface area contributed by atoms with Crippen LogP contribution in [0.1, 0.15) is 37.3 Å². The van der Waals surface area contributed by atoms with Crippen molar-refractivity contribution in [3.05, 3.63) is 35.9 Å². The van der Waals surface area contributed by atoms with Crippen LogP contribution in [0.5, 0.6) is 0 Å². The van der Waals surface area contributed by atoms with Crippen molar-refractivity contribution in [2.45, 2.75) is 31.7 Å². The molecule has 1 saturated heterocycles. The molecule has 1 fully saturated rings. The Bertz CT molecular complexity index is 470. The van der Waals surface area contributed by atoms with Crippen molar-refractivity contribution in [1.82, 2.24) is 10.2 Å². The van der Waals surface area contributed by atoms with E-state index in [9.17, 15) is 9.59 Å². The largest absolute Gasteiger partial charge is 0.481 e. The lowest BCUT2D eigenvalue weighted by Gasteiger charge is -2.28. The van der Waals surface area contributed by atoms with Gasteiger partial charge >= 0.3 is 5.97 Å². The van der Waals surface area contributed by atoms with E-state index in [1.54, 1.807) is 0 Å². The van der Waals surface area contributed by atoms with Gasteiger partial charge in [-0.2, -0.15) is 0 Å². The van der Waals surface area contributed by atoms with Crippen LogP contribution in [0, 0.1) is 0 Å². The number of hydrogen-bond acceptors (Lipinski definition) is 3. The Kier molecular flexibility index (Phi) is 5.75. The highest BCUT2D eigenvalue weighted by atomic mass is 16.4. The number of amides is 1. The molecule has 1 aliphatic rings. The van der Waals surface area contributed by atoms with Gasteiger partial charge in [-0.1, -0.05) is 30.3 Å². The van der Waals surface area contributed by atoms with E-state index in [2.05, 4.69) is 22.3 Å². The van der Waals surface area contributed by atoms with E-state index >= 15 is 0 Å². The quantitative estimate of drug-likeness (QED) is 0.803. The third kappa shape index (κ3) is 4.86. The van der Waals surface area contributed by atoms with Crippen LogP contribution in [0.2, 0.25) is 0 Å². The number of nitrogens with one attached hydrogen (secondary N) is 1. The van der Waals surface area contributed by atoms with Crippen LogP contribution < -0.4 is 5.32 Å². The molecule has 0 bridgehead atoms. The standard InChI is InChI=1S/C16H22N2O3/c19-15(8-9-16(20)21)17-12-14(18-10-4-5-11-18)13-6-2-1-3-7-13/h1-3,6-7,14H,4-5,8-12H2,(H,17,19)(H,20,21). The maximum Gasteiger partial charge on any atom is 0.303 e. The number of rotatable bonds is 7. The predicted octanol–water partition coefficient (Wildman–Crippen LogP) is 1.80. The minimum Gasteiger partial charge on any atom is -0.481 e. The second kappa shape index (κ2) is 7.78. The van der Waals surface area contributed by atoms with Crippen molar-refractivity contribution >= 4 is 11.9 Å². The predicted molar refractivity (Wildman–Crippen MR) is 79.9 cm³/mol. The fraction of sp³-hybridized carbons (Fsp3) is 0.500. The van der Waals surface area contributed by atoms with Crippen molar-refractivity contribution in [1.29, 1.82) is 0 Å². The van der Waals surface area contributed by atoms with Gasteiger partial charge in [0.05, 0.1) is 12.5 Å². The number of carbonyl (C=O) groups is 2. The van der Waals surface area contributed by atoms with Crippen molar-refractivity contribution in [3.63, 3.8) is 0 Å². The number of hydrogen-bond donors (Lipinski definition) is 2.